The van der Waals surface area contributed by atoms with Crippen LogP contribution in [-0.2, 0) is 0 Å². The first-order chi connectivity index (χ1) is 4.72. The highest BCUT2D eigenvalue weighted by Gasteiger charge is 1.95. The Morgan fingerprint density at radius 1 is 1.70 bits per heavy atom. The monoisotopic (exact) mass is 137 g/mol. The Kier molecular flexibility index (Phi) is 3.90. The molecule has 0 saturated heterocycles. The largest absolute Gasteiger partial charge is 0.206 e. The van der Waals surface area contributed by atoms with E-state index in [4.69, 9.17) is 5.26 Å². The molecule has 0 spiro atoms. The van der Waals surface area contributed by atoms with Gasteiger partial charge in [-0.3, -0.25) is 0 Å². The number of allylic oxidation sites excluding steroid dienone is 5. The molecule has 0 amide bonds. The van der Waals surface area contributed by atoms with E-state index in [1.165, 1.54) is 12.2 Å². The van der Waals surface area contributed by atoms with Crippen LogP contribution in [0.15, 0.2) is 36.2 Å². The summed E-state index contributed by atoms with van der Waals surface area (Å²) in [6.07, 6.45) is 4.38. The van der Waals surface area contributed by atoms with Crippen molar-refractivity contribution < 1.29 is 4.39 Å². The number of nitrogens with zero attached hydrogens (tertiary/aromatic N) is 1. The lowest BCUT2D eigenvalue weighted by Gasteiger charge is -1.85. The molecule has 10 heavy (non-hydrogen) atoms. The van der Waals surface area contributed by atoms with E-state index in [2.05, 4.69) is 6.58 Å². The summed E-state index contributed by atoms with van der Waals surface area (Å²) in [6.45, 7) is 4.95. The molecule has 0 aliphatic heterocycles. The zero-order chi connectivity index (χ0) is 7.98. The molecular weight excluding hydrogens is 129 g/mol. The summed E-state index contributed by atoms with van der Waals surface area (Å²) in [5, 5.41) is 8.15. The maximum Gasteiger partial charge on any atom is 0.140 e. The first-order valence-electron chi connectivity index (χ1n) is 2.80. The van der Waals surface area contributed by atoms with Gasteiger partial charge in [0.15, 0.2) is 0 Å². The van der Waals surface area contributed by atoms with E-state index < -0.39 is 5.83 Å². The van der Waals surface area contributed by atoms with E-state index in [1.807, 2.05) is 0 Å². The van der Waals surface area contributed by atoms with Gasteiger partial charge >= 0.3 is 0 Å². The number of nitriles is 1. The van der Waals surface area contributed by atoms with Crippen LogP contribution in [0.3, 0.4) is 0 Å². The van der Waals surface area contributed by atoms with Crippen molar-refractivity contribution in [2.24, 2.45) is 0 Å². The summed E-state index contributed by atoms with van der Waals surface area (Å²) >= 11 is 0. The SMILES string of the molecule is C=C(C#N)/C(F)=C\C=C/C. The van der Waals surface area contributed by atoms with Gasteiger partial charge in [0.1, 0.15) is 11.9 Å². The molecule has 0 atom stereocenters. The van der Waals surface area contributed by atoms with Crippen LogP contribution >= 0.6 is 0 Å². The van der Waals surface area contributed by atoms with Gasteiger partial charge in [-0.2, -0.15) is 5.26 Å². The Labute approximate surface area is 59.8 Å². The van der Waals surface area contributed by atoms with Gasteiger partial charge in [-0.05, 0) is 13.0 Å². The molecule has 0 saturated carbocycles. The predicted octanol–water partition coefficient (Wildman–Crippen LogP) is 2.50. The normalized spacial score (nSPS) is 11.5. The summed E-state index contributed by atoms with van der Waals surface area (Å²) in [4.78, 5) is 0. The molecule has 0 aliphatic rings. The third-order valence-corrected chi connectivity index (χ3v) is 0.858. The van der Waals surface area contributed by atoms with Crippen LogP contribution in [0.4, 0.5) is 4.39 Å². The average Bonchev–Trinajstić information content (AvgIpc) is 1.98. The smallest absolute Gasteiger partial charge is 0.140 e. The zero-order valence-corrected chi connectivity index (χ0v) is 5.76. The minimum atomic E-state index is -0.583. The Bertz CT molecular complexity index is 218. The van der Waals surface area contributed by atoms with E-state index in [0.29, 0.717) is 0 Å². The third kappa shape index (κ3) is 2.83. The fraction of sp³-hybridized carbons (Fsp3) is 0.125. The van der Waals surface area contributed by atoms with Crippen molar-refractivity contribution in [2.45, 2.75) is 6.92 Å². The average molecular weight is 137 g/mol. The number of rotatable bonds is 2. The van der Waals surface area contributed by atoms with Gasteiger partial charge in [-0.15, -0.1) is 0 Å². The zero-order valence-electron chi connectivity index (χ0n) is 5.76. The second-order valence-corrected chi connectivity index (χ2v) is 1.63. The lowest BCUT2D eigenvalue weighted by Crippen LogP contribution is -1.73. The van der Waals surface area contributed by atoms with Crippen LogP contribution in [0.1, 0.15) is 6.92 Å². The number of hydrogen-bond acceptors (Lipinski definition) is 1. The van der Waals surface area contributed by atoms with Crippen LogP contribution in [0, 0.1) is 11.3 Å². The molecule has 0 N–H and O–H groups in total. The van der Waals surface area contributed by atoms with Gasteiger partial charge in [0, 0.05) is 0 Å². The summed E-state index contributed by atoms with van der Waals surface area (Å²) in [6, 6.07) is 1.60. The standard InChI is InChI=1S/C8H8FN/c1-3-4-5-8(9)7(2)6-10/h3-5H,2H2,1H3/b4-3-,8-5+. The van der Waals surface area contributed by atoms with Crippen molar-refractivity contribution in [3.63, 3.8) is 0 Å². The molecule has 0 aliphatic carbocycles. The van der Waals surface area contributed by atoms with Gasteiger partial charge in [-0.25, -0.2) is 4.39 Å². The lowest BCUT2D eigenvalue weighted by atomic mass is 10.3. The van der Waals surface area contributed by atoms with Gasteiger partial charge in [0.2, 0.25) is 0 Å². The van der Waals surface area contributed by atoms with Gasteiger partial charge < -0.3 is 0 Å². The Morgan fingerprint density at radius 3 is 2.70 bits per heavy atom. The predicted molar refractivity (Wildman–Crippen MR) is 38.8 cm³/mol. The summed E-state index contributed by atoms with van der Waals surface area (Å²) in [5.74, 6) is -0.583. The van der Waals surface area contributed by atoms with Gasteiger partial charge in [0.05, 0.1) is 5.57 Å². The van der Waals surface area contributed by atoms with Gasteiger partial charge in [-0.1, -0.05) is 18.7 Å². The maximum absolute atomic E-state index is 12.5. The fourth-order valence-corrected chi connectivity index (χ4v) is 0.335. The van der Waals surface area contributed by atoms with Crippen molar-refractivity contribution in [1.29, 1.82) is 5.26 Å². The fourth-order valence-electron chi connectivity index (χ4n) is 0.335. The topological polar surface area (TPSA) is 23.8 Å². The molecule has 0 aromatic rings. The summed E-state index contributed by atoms with van der Waals surface area (Å²) < 4.78 is 12.5. The first kappa shape index (κ1) is 8.64. The molecule has 0 radical (unpaired) electrons. The molecule has 1 nitrogen and oxygen atoms in total. The van der Waals surface area contributed by atoms with E-state index in [1.54, 1.807) is 19.1 Å². The van der Waals surface area contributed by atoms with Crippen molar-refractivity contribution in [3.8, 4) is 6.07 Å². The van der Waals surface area contributed by atoms with Crippen LogP contribution in [0.2, 0.25) is 0 Å². The molecular formula is C8H8FN. The Morgan fingerprint density at radius 2 is 2.30 bits per heavy atom. The van der Waals surface area contributed by atoms with Crippen LogP contribution in [0.25, 0.3) is 0 Å². The molecule has 0 aromatic carbocycles. The summed E-state index contributed by atoms with van der Waals surface area (Å²) in [5.41, 5.74) is -0.141. The van der Waals surface area contributed by atoms with Crippen molar-refractivity contribution in [1.82, 2.24) is 0 Å². The molecule has 52 valence electrons. The Balaban J connectivity index is 4.23. The Hall–Kier alpha value is -1.36. The van der Waals surface area contributed by atoms with Gasteiger partial charge in [0.25, 0.3) is 0 Å². The molecule has 2 heteroatoms. The molecule has 0 rings (SSSR count). The first-order valence-corrected chi connectivity index (χ1v) is 2.80. The van der Waals surface area contributed by atoms with Crippen molar-refractivity contribution in [3.05, 3.63) is 36.2 Å². The molecule has 0 aromatic heterocycles. The molecule has 0 unspecified atom stereocenters. The van der Waals surface area contributed by atoms with E-state index in [-0.39, 0.29) is 5.57 Å². The second-order valence-electron chi connectivity index (χ2n) is 1.63. The highest BCUT2D eigenvalue weighted by atomic mass is 19.1. The third-order valence-electron chi connectivity index (χ3n) is 0.858. The minimum absolute atomic E-state index is 0.141. The highest BCUT2D eigenvalue weighted by Crippen LogP contribution is 2.06. The minimum Gasteiger partial charge on any atom is -0.206 e. The van der Waals surface area contributed by atoms with Crippen molar-refractivity contribution >= 4 is 0 Å². The maximum atomic E-state index is 12.5. The second kappa shape index (κ2) is 4.51. The number of hydrogen-bond donors (Lipinski definition) is 0. The quantitative estimate of drug-likeness (QED) is 0.423. The van der Waals surface area contributed by atoms with Crippen LogP contribution in [0.5, 0.6) is 0 Å². The molecule has 0 fully saturated rings. The van der Waals surface area contributed by atoms with E-state index >= 15 is 0 Å². The van der Waals surface area contributed by atoms with Crippen LogP contribution in [-0.4, -0.2) is 0 Å². The summed E-state index contributed by atoms with van der Waals surface area (Å²) in [7, 11) is 0. The van der Waals surface area contributed by atoms with Crippen LogP contribution < -0.4 is 0 Å². The number of halogens is 1. The molecule has 0 heterocycles. The van der Waals surface area contributed by atoms with Crippen molar-refractivity contribution in [2.75, 3.05) is 0 Å². The lowest BCUT2D eigenvalue weighted by molar-refractivity contribution is 0.659. The highest BCUT2D eigenvalue weighted by molar-refractivity contribution is 5.36. The molecule has 0 bridgehead atoms. The van der Waals surface area contributed by atoms with E-state index in [0.717, 1.165) is 0 Å². The van der Waals surface area contributed by atoms with E-state index in [9.17, 15) is 4.39 Å².